The predicted octanol–water partition coefficient (Wildman–Crippen LogP) is 4.32. The molecule has 180 valence electrons. The van der Waals surface area contributed by atoms with Gasteiger partial charge in [-0.1, -0.05) is 6.07 Å². The molecule has 3 aromatic rings. The molecule has 10 heteroatoms. The van der Waals surface area contributed by atoms with Crippen LogP contribution >= 0.6 is 15.9 Å². The van der Waals surface area contributed by atoms with Crippen LogP contribution in [-0.4, -0.2) is 28.2 Å². The summed E-state index contributed by atoms with van der Waals surface area (Å²) >= 11 is 3.19. The van der Waals surface area contributed by atoms with Gasteiger partial charge < -0.3 is 15.2 Å². The van der Waals surface area contributed by atoms with Gasteiger partial charge in [0.15, 0.2) is 0 Å². The Kier molecular flexibility index (Phi) is 7.83. The molecule has 0 unspecified atom stereocenters. The number of nitrogens with one attached hydrogen (secondary N) is 1. The van der Waals surface area contributed by atoms with Crippen LogP contribution in [0.5, 0.6) is 5.75 Å². The third-order valence-corrected chi connectivity index (χ3v) is 5.87. The summed E-state index contributed by atoms with van der Waals surface area (Å²) in [6.07, 6.45) is 0. The van der Waals surface area contributed by atoms with Crippen LogP contribution in [0.15, 0.2) is 45.7 Å². The van der Waals surface area contributed by atoms with E-state index >= 15 is 0 Å². The number of carbonyl (C=O) groups excluding carboxylic acids is 1. The van der Waals surface area contributed by atoms with Crippen LogP contribution in [0.25, 0.3) is 5.69 Å². The van der Waals surface area contributed by atoms with Gasteiger partial charge in [0.25, 0.3) is 11.5 Å². The number of aryl methyl sites for hydroxylation is 2. The first-order chi connectivity index (χ1) is 16.0. The number of pyridine rings is 1. The molecule has 3 rings (SSSR count). The van der Waals surface area contributed by atoms with Crippen LogP contribution in [0, 0.1) is 31.3 Å². The number of ether oxygens (including phenoxy) is 1. The number of aliphatic hydroxyl groups is 1. The van der Waals surface area contributed by atoms with Crippen LogP contribution in [-0.2, 0) is 6.61 Å². The van der Waals surface area contributed by atoms with E-state index < -0.39 is 47.1 Å². The Morgan fingerprint density at radius 3 is 2.41 bits per heavy atom. The van der Waals surface area contributed by atoms with Crippen molar-refractivity contribution in [2.24, 2.45) is 0 Å². The normalized spacial score (nSPS) is 11.9. The Balaban J connectivity index is 1.97. The minimum atomic E-state index is -1.10. The number of amides is 1. The lowest BCUT2D eigenvalue weighted by atomic mass is 10.1. The highest BCUT2D eigenvalue weighted by atomic mass is 79.9. The number of aliphatic hydroxyl groups excluding tert-OH is 1. The fraction of sp³-hybridized carbons (Fsp3) is 0.250. The molecule has 1 atom stereocenters. The number of benzene rings is 2. The second kappa shape index (κ2) is 10.4. The molecule has 0 spiro atoms. The molecule has 2 aromatic carbocycles. The zero-order valence-corrected chi connectivity index (χ0v) is 20.2. The smallest absolute Gasteiger partial charge is 0.273 e. The van der Waals surface area contributed by atoms with E-state index in [1.54, 1.807) is 39.0 Å². The van der Waals surface area contributed by atoms with Crippen LogP contribution in [0.4, 0.5) is 13.2 Å². The number of rotatable bonds is 7. The van der Waals surface area contributed by atoms with Gasteiger partial charge in [-0.3, -0.25) is 14.2 Å². The Bertz CT molecular complexity index is 1290. The second-order valence-electron chi connectivity index (χ2n) is 7.80. The van der Waals surface area contributed by atoms with E-state index in [4.69, 9.17) is 9.84 Å². The molecule has 0 radical (unpaired) electrons. The van der Waals surface area contributed by atoms with Crippen molar-refractivity contribution in [1.29, 1.82) is 0 Å². The third kappa shape index (κ3) is 5.34. The SMILES string of the molecule is Cc1ccc(C(=O)N[C@@H](C)CO)cc1-n1c(C)cc(OCc2c(F)cc(F)cc2F)c(Br)c1=O. The first-order valence-electron chi connectivity index (χ1n) is 10.2. The van der Waals surface area contributed by atoms with E-state index in [1.165, 1.54) is 10.6 Å². The first kappa shape index (κ1) is 25.5. The molecule has 0 aliphatic heterocycles. The summed E-state index contributed by atoms with van der Waals surface area (Å²) in [4.78, 5) is 25.6. The van der Waals surface area contributed by atoms with E-state index in [0.717, 1.165) is 0 Å². The minimum absolute atomic E-state index is 0.00388. The van der Waals surface area contributed by atoms with Crippen LogP contribution in [0.1, 0.15) is 34.1 Å². The maximum atomic E-state index is 13.9. The average molecular weight is 539 g/mol. The van der Waals surface area contributed by atoms with E-state index in [9.17, 15) is 22.8 Å². The lowest BCUT2D eigenvalue weighted by Gasteiger charge is -2.18. The molecule has 0 saturated heterocycles. The Morgan fingerprint density at radius 2 is 1.79 bits per heavy atom. The van der Waals surface area contributed by atoms with E-state index in [0.29, 0.717) is 34.6 Å². The monoisotopic (exact) mass is 538 g/mol. The Morgan fingerprint density at radius 1 is 1.15 bits per heavy atom. The molecular formula is C24H22BrF3N2O4. The lowest BCUT2D eigenvalue weighted by Crippen LogP contribution is -2.35. The number of hydrogen-bond acceptors (Lipinski definition) is 4. The van der Waals surface area contributed by atoms with Gasteiger partial charge in [-0.25, -0.2) is 13.2 Å². The highest BCUT2D eigenvalue weighted by Gasteiger charge is 2.19. The summed E-state index contributed by atoms with van der Waals surface area (Å²) < 4.78 is 47.8. The van der Waals surface area contributed by atoms with Gasteiger partial charge >= 0.3 is 0 Å². The lowest BCUT2D eigenvalue weighted by molar-refractivity contribution is 0.0922. The van der Waals surface area contributed by atoms with Crippen molar-refractivity contribution >= 4 is 21.8 Å². The number of aromatic nitrogens is 1. The van der Waals surface area contributed by atoms with Gasteiger partial charge in [-0.2, -0.15) is 0 Å². The maximum absolute atomic E-state index is 13.9. The van der Waals surface area contributed by atoms with E-state index in [2.05, 4.69) is 21.2 Å². The largest absolute Gasteiger partial charge is 0.487 e. The molecule has 1 amide bonds. The van der Waals surface area contributed by atoms with Crippen molar-refractivity contribution in [1.82, 2.24) is 9.88 Å². The molecule has 0 aliphatic carbocycles. The molecule has 2 N–H and O–H groups in total. The van der Waals surface area contributed by atoms with Crippen LogP contribution in [0.3, 0.4) is 0 Å². The van der Waals surface area contributed by atoms with E-state index in [-0.39, 0.29) is 16.8 Å². The van der Waals surface area contributed by atoms with Crippen LogP contribution < -0.4 is 15.6 Å². The van der Waals surface area contributed by atoms with Crippen molar-refractivity contribution < 1.29 is 27.8 Å². The third-order valence-electron chi connectivity index (χ3n) is 5.14. The summed E-state index contributed by atoms with van der Waals surface area (Å²) in [6, 6.07) is 7.02. The minimum Gasteiger partial charge on any atom is -0.487 e. The zero-order chi connectivity index (χ0) is 25.2. The molecule has 0 aliphatic rings. The van der Waals surface area contributed by atoms with Gasteiger partial charge in [0.05, 0.1) is 17.9 Å². The molecule has 0 bridgehead atoms. The fourth-order valence-corrected chi connectivity index (χ4v) is 3.70. The second-order valence-corrected chi connectivity index (χ2v) is 8.59. The van der Waals surface area contributed by atoms with Crippen molar-refractivity contribution in [2.45, 2.75) is 33.4 Å². The first-order valence-corrected chi connectivity index (χ1v) is 11.0. The number of halogens is 4. The van der Waals surface area contributed by atoms with Crippen molar-refractivity contribution in [3.63, 3.8) is 0 Å². The van der Waals surface area contributed by atoms with Crippen molar-refractivity contribution in [2.75, 3.05) is 6.61 Å². The molecule has 0 saturated carbocycles. The highest BCUT2D eigenvalue weighted by Crippen LogP contribution is 2.27. The summed E-state index contributed by atoms with van der Waals surface area (Å²) in [5.41, 5.74) is 0.919. The summed E-state index contributed by atoms with van der Waals surface area (Å²) in [7, 11) is 0. The fourth-order valence-electron chi connectivity index (χ4n) is 3.29. The topological polar surface area (TPSA) is 80.6 Å². The molecular weight excluding hydrogens is 517 g/mol. The summed E-state index contributed by atoms with van der Waals surface area (Å²) in [5.74, 6) is -3.60. The van der Waals surface area contributed by atoms with Gasteiger partial charge in [0, 0.05) is 35.5 Å². The van der Waals surface area contributed by atoms with Crippen LogP contribution in [0.2, 0.25) is 0 Å². The predicted molar refractivity (Wildman–Crippen MR) is 124 cm³/mol. The van der Waals surface area contributed by atoms with E-state index in [1.807, 2.05) is 0 Å². The average Bonchev–Trinajstić information content (AvgIpc) is 2.77. The summed E-state index contributed by atoms with van der Waals surface area (Å²) in [6.45, 7) is 4.29. The van der Waals surface area contributed by atoms with Crippen molar-refractivity contribution in [3.8, 4) is 11.4 Å². The molecule has 0 fully saturated rings. The number of nitrogens with zero attached hydrogens (tertiary/aromatic N) is 1. The number of carbonyl (C=O) groups is 1. The standard InChI is InChI=1S/C24H22BrF3N2O4/c1-12-4-5-15(23(32)29-13(2)10-31)7-20(12)30-14(3)6-21(22(25)24(30)33)34-11-17-18(27)8-16(26)9-19(17)28/h4-9,13,31H,10-11H2,1-3H3,(H,29,32)/t13-/m0/s1. The highest BCUT2D eigenvalue weighted by molar-refractivity contribution is 9.10. The summed E-state index contributed by atoms with van der Waals surface area (Å²) in [5, 5.41) is 11.8. The molecule has 1 aromatic heterocycles. The van der Waals surface area contributed by atoms with Gasteiger partial charge in [-0.05, 0) is 54.4 Å². The molecule has 6 nitrogen and oxygen atoms in total. The maximum Gasteiger partial charge on any atom is 0.273 e. The number of hydrogen-bond donors (Lipinski definition) is 2. The van der Waals surface area contributed by atoms with Gasteiger partial charge in [0.1, 0.15) is 34.3 Å². The Hall–Kier alpha value is -3.11. The van der Waals surface area contributed by atoms with Crippen molar-refractivity contribution in [3.05, 3.63) is 91.1 Å². The van der Waals surface area contributed by atoms with Gasteiger partial charge in [-0.15, -0.1) is 0 Å². The molecule has 34 heavy (non-hydrogen) atoms. The molecule has 1 heterocycles. The quantitative estimate of drug-likeness (QED) is 0.469. The van der Waals surface area contributed by atoms with Gasteiger partial charge in [0.2, 0.25) is 0 Å². The zero-order valence-electron chi connectivity index (χ0n) is 18.6. The Labute approximate surface area is 202 Å².